The first-order chi connectivity index (χ1) is 9.67. The molecule has 0 saturated carbocycles. The Morgan fingerprint density at radius 1 is 1.15 bits per heavy atom. The lowest BCUT2D eigenvalue weighted by Crippen LogP contribution is -2.05. The van der Waals surface area contributed by atoms with Crippen LogP contribution in [0.4, 0.5) is 0 Å². The minimum Gasteiger partial charge on any atom is -0.508 e. The molecule has 0 radical (unpaired) electrons. The van der Waals surface area contributed by atoms with Gasteiger partial charge in [0.25, 0.3) is 0 Å². The summed E-state index contributed by atoms with van der Waals surface area (Å²) in [4.78, 5) is 0. The zero-order valence-electron chi connectivity index (χ0n) is 11.2. The van der Waals surface area contributed by atoms with E-state index in [1.54, 1.807) is 23.9 Å². The molecule has 106 valence electrons. The number of aromatic nitrogens is 1. The van der Waals surface area contributed by atoms with Crippen molar-refractivity contribution in [2.24, 2.45) is 0 Å². The molecular formula is C15H17NO3S. The molecule has 0 amide bonds. The van der Waals surface area contributed by atoms with Gasteiger partial charge in [0.2, 0.25) is 0 Å². The van der Waals surface area contributed by atoms with Crippen molar-refractivity contribution in [3.8, 4) is 5.75 Å². The number of phenolic OH excluding ortho intramolecular Hbond substituents is 1. The second-order valence-corrected chi connectivity index (χ2v) is 6.00. The molecular weight excluding hydrogens is 274 g/mol. The van der Waals surface area contributed by atoms with Crippen LogP contribution in [-0.4, -0.2) is 19.9 Å². The van der Waals surface area contributed by atoms with Gasteiger partial charge in [-0.2, -0.15) is 0 Å². The number of benzene rings is 1. The molecule has 0 aliphatic carbocycles. The summed E-state index contributed by atoms with van der Waals surface area (Å²) in [7, 11) is 0. The monoisotopic (exact) mass is 291 g/mol. The van der Waals surface area contributed by atoms with E-state index in [2.05, 4.69) is 4.57 Å². The fraction of sp³-hybridized carbons (Fsp3) is 0.333. The van der Waals surface area contributed by atoms with E-state index in [4.69, 9.17) is 0 Å². The van der Waals surface area contributed by atoms with E-state index in [9.17, 15) is 15.3 Å². The molecule has 1 aliphatic heterocycles. The van der Waals surface area contributed by atoms with Gasteiger partial charge in [0, 0.05) is 28.3 Å². The Hall–Kier alpha value is -1.43. The van der Waals surface area contributed by atoms with Gasteiger partial charge in [-0.25, -0.2) is 0 Å². The topological polar surface area (TPSA) is 65.6 Å². The average molecular weight is 291 g/mol. The predicted molar refractivity (Wildman–Crippen MR) is 78.6 cm³/mol. The normalized spacial score (nSPS) is 17.4. The summed E-state index contributed by atoms with van der Waals surface area (Å²) in [5.74, 6) is 1.08. The third kappa shape index (κ3) is 1.93. The van der Waals surface area contributed by atoms with E-state index < -0.39 is 0 Å². The molecule has 0 bridgehead atoms. The summed E-state index contributed by atoms with van der Waals surface area (Å²) in [6, 6.07) is 7.21. The first kappa shape index (κ1) is 13.5. The second kappa shape index (κ2) is 5.16. The minimum atomic E-state index is -0.0469. The first-order valence-electron chi connectivity index (χ1n) is 6.51. The summed E-state index contributed by atoms with van der Waals surface area (Å²) in [6.07, 6.45) is 0. The van der Waals surface area contributed by atoms with Gasteiger partial charge >= 0.3 is 0 Å². The van der Waals surface area contributed by atoms with Gasteiger partial charge in [-0.15, -0.1) is 11.8 Å². The van der Waals surface area contributed by atoms with Crippen molar-refractivity contribution in [3.63, 3.8) is 0 Å². The number of aliphatic hydroxyl groups excluding tert-OH is 2. The highest BCUT2D eigenvalue weighted by Gasteiger charge is 2.30. The van der Waals surface area contributed by atoms with Crippen molar-refractivity contribution in [2.75, 3.05) is 0 Å². The Labute approximate surface area is 121 Å². The number of fused-ring (bicyclic) bond motifs is 1. The van der Waals surface area contributed by atoms with Crippen LogP contribution in [0.3, 0.4) is 0 Å². The molecule has 2 heterocycles. The van der Waals surface area contributed by atoms with Crippen molar-refractivity contribution in [2.45, 2.75) is 31.3 Å². The maximum Gasteiger partial charge on any atom is 0.115 e. The van der Waals surface area contributed by atoms with E-state index in [1.807, 2.05) is 19.1 Å². The van der Waals surface area contributed by atoms with Crippen LogP contribution in [-0.2, 0) is 19.0 Å². The van der Waals surface area contributed by atoms with Gasteiger partial charge in [0.1, 0.15) is 11.1 Å². The Bertz CT molecular complexity index is 634. The molecule has 0 saturated heterocycles. The van der Waals surface area contributed by atoms with Crippen LogP contribution in [0, 0.1) is 6.92 Å². The van der Waals surface area contributed by atoms with Crippen molar-refractivity contribution in [3.05, 3.63) is 52.3 Å². The van der Waals surface area contributed by atoms with Gasteiger partial charge in [0.05, 0.1) is 13.2 Å². The fourth-order valence-corrected chi connectivity index (χ4v) is 4.29. The number of phenols is 1. The van der Waals surface area contributed by atoms with E-state index in [0.29, 0.717) is 0 Å². The molecule has 5 heteroatoms. The summed E-state index contributed by atoms with van der Waals surface area (Å²) < 4.78 is 2.19. The molecule has 4 nitrogen and oxygen atoms in total. The maximum absolute atomic E-state index is 9.55. The Morgan fingerprint density at radius 3 is 2.40 bits per heavy atom. The third-order valence-electron chi connectivity index (χ3n) is 3.91. The van der Waals surface area contributed by atoms with Gasteiger partial charge in [-0.1, -0.05) is 12.1 Å². The van der Waals surface area contributed by atoms with Crippen molar-refractivity contribution >= 4 is 11.8 Å². The van der Waals surface area contributed by atoms with Gasteiger partial charge in [0.15, 0.2) is 0 Å². The van der Waals surface area contributed by atoms with Crippen LogP contribution in [0.5, 0.6) is 5.75 Å². The molecule has 0 unspecified atom stereocenters. The zero-order chi connectivity index (χ0) is 14.3. The quantitative estimate of drug-likeness (QED) is 0.812. The van der Waals surface area contributed by atoms with Crippen molar-refractivity contribution < 1.29 is 15.3 Å². The maximum atomic E-state index is 9.55. The molecule has 1 aliphatic rings. The minimum absolute atomic E-state index is 0.0398. The smallest absolute Gasteiger partial charge is 0.115 e. The van der Waals surface area contributed by atoms with Gasteiger partial charge in [-0.05, 0) is 24.6 Å². The SMILES string of the molecule is Cc1c(CO)c(CO)c2n1[C@@H](c1ccc(O)cc1)SC2. The van der Waals surface area contributed by atoms with Crippen molar-refractivity contribution in [1.82, 2.24) is 4.57 Å². The number of aromatic hydroxyl groups is 1. The van der Waals surface area contributed by atoms with Crippen LogP contribution >= 0.6 is 11.8 Å². The largest absolute Gasteiger partial charge is 0.508 e. The van der Waals surface area contributed by atoms with Gasteiger partial charge < -0.3 is 19.9 Å². The van der Waals surface area contributed by atoms with Gasteiger partial charge in [-0.3, -0.25) is 0 Å². The lowest BCUT2D eigenvalue weighted by molar-refractivity contribution is 0.260. The summed E-state index contributed by atoms with van der Waals surface area (Å²) in [5.41, 5.74) is 4.91. The summed E-state index contributed by atoms with van der Waals surface area (Å²) in [6.45, 7) is 1.89. The lowest BCUT2D eigenvalue weighted by atomic mass is 10.1. The number of rotatable bonds is 3. The van der Waals surface area contributed by atoms with Crippen LogP contribution in [0.1, 0.15) is 33.5 Å². The molecule has 1 atom stereocenters. The number of aliphatic hydroxyl groups is 2. The molecule has 0 fully saturated rings. The average Bonchev–Trinajstić information content (AvgIpc) is 2.99. The molecule has 1 aromatic carbocycles. The molecule has 0 spiro atoms. The van der Waals surface area contributed by atoms with Crippen LogP contribution in [0.15, 0.2) is 24.3 Å². The molecule has 3 N–H and O–H groups in total. The summed E-state index contributed by atoms with van der Waals surface area (Å²) >= 11 is 1.79. The van der Waals surface area contributed by atoms with Crippen LogP contribution in [0.2, 0.25) is 0 Å². The second-order valence-electron chi connectivity index (χ2n) is 4.93. The Kier molecular flexibility index (Phi) is 3.50. The summed E-state index contributed by atoms with van der Waals surface area (Å²) in [5, 5.41) is 28.6. The Morgan fingerprint density at radius 2 is 1.80 bits per heavy atom. The fourth-order valence-electron chi connectivity index (χ4n) is 2.87. The number of hydrogen-bond acceptors (Lipinski definition) is 4. The van der Waals surface area contributed by atoms with Crippen molar-refractivity contribution in [1.29, 1.82) is 0 Å². The van der Waals surface area contributed by atoms with Crippen LogP contribution in [0.25, 0.3) is 0 Å². The van der Waals surface area contributed by atoms with Crippen LogP contribution < -0.4 is 0 Å². The number of thioether (sulfide) groups is 1. The molecule has 3 rings (SSSR count). The van der Waals surface area contributed by atoms with E-state index in [-0.39, 0.29) is 24.3 Å². The standard InChI is InChI=1S/C15H17NO3S/c1-9-12(6-17)13(7-18)14-8-20-15(16(9)14)10-2-4-11(19)5-3-10/h2-5,15,17-19H,6-8H2,1H3/t15-/m1/s1. The number of nitrogens with zero attached hydrogens (tertiary/aromatic N) is 1. The zero-order valence-corrected chi connectivity index (χ0v) is 12.0. The lowest BCUT2D eigenvalue weighted by Gasteiger charge is -2.16. The highest BCUT2D eigenvalue weighted by Crippen LogP contribution is 2.45. The molecule has 1 aromatic heterocycles. The third-order valence-corrected chi connectivity index (χ3v) is 5.15. The Balaban J connectivity index is 2.10. The predicted octanol–water partition coefficient (Wildman–Crippen LogP) is 2.28. The van der Waals surface area contributed by atoms with E-state index >= 15 is 0 Å². The highest BCUT2D eigenvalue weighted by molar-refractivity contribution is 7.99. The highest BCUT2D eigenvalue weighted by atomic mass is 32.2. The van der Waals surface area contributed by atoms with E-state index in [0.717, 1.165) is 33.8 Å². The number of hydrogen-bond donors (Lipinski definition) is 3. The molecule has 20 heavy (non-hydrogen) atoms. The first-order valence-corrected chi connectivity index (χ1v) is 7.56. The molecule has 2 aromatic rings. The van der Waals surface area contributed by atoms with E-state index in [1.165, 1.54) is 0 Å².